The second-order valence-corrected chi connectivity index (χ2v) is 11.4. The summed E-state index contributed by atoms with van der Waals surface area (Å²) in [5.74, 6) is 3.53. The van der Waals surface area contributed by atoms with Gasteiger partial charge < -0.3 is 14.7 Å². The number of hydrogen-bond acceptors (Lipinski definition) is 4. The first kappa shape index (κ1) is 22.4. The third kappa shape index (κ3) is 4.45. The minimum absolute atomic E-state index is 0.168. The van der Waals surface area contributed by atoms with Crippen LogP contribution in [0.3, 0.4) is 0 Å². The van der Waals surface area contributed by atoms with Crippen LogP contribution in [-0.2, 0) is 5.41 Å². The number of aliphatic hydroxyl groups is 1. The van der Waals surface area contributed by atoms with Crippen molar-refractivity contribution in [3.05, 3.63) is 59.9 Å². The Kier molecular flexibility index (Phi) is 6.02. The Labute approximate surface area is 202 Å². The summed E-state index contributed by atoms with van der Waals surface area (Å²) in [6, 6.07) is 15.7. The molecule has 0 aromatic heterocycles. The summed E-state index contributed by atoms with van der Waals surface area (Å²) in [6.45, 7) is 4.03. The molecule has 1 unspecified atom stereocenters. The highest BCUT2D eigenvalue weighted by Crippen LogP contribution is 2.60. The fourth-order valence-electron chi connectivity index (χ4n) is 7.79. The highest BCUT2D eigenvalue weighted by atomic mass is 19.1. The Morgan fingerprint density at radius 3 is 2.12 bits per heavy atom. The van der Waals surface area contributed by atoms with Gasteiger partial charge in [-0.1, -0.05) is 24.3 Å². The van der Waals surface area contributed by atoms with Gasteiger partial charge in [0.15, 0.2) is 0 Å². The van der Waals surface area contributed by atoms with Crippen molar-refractivity contribution < 1.29 is 14.2 Å². The van der Waals surface area contributed by atoms with Crippen molar-refractivity contribution in [2.75, 3.05) is 44.2 Å². The Morgan fingerprint density at radius 2 is 1.50 bits per heavy atom. The highest BCUT2D eigenvalue weighted by molar-refractivity contribution is 5.48. The van der Waals surface area contributed by atoms with Crippen molar-refractivity contribution in [2.45, 2.75) is 50.0 Å². The lowest BCUT2D eigenvalue weighted by Crippen LogP contribution is -2.49. The summed E-state index contributed by atoms with van der Waals surface area (Å²) in [7, 11) is 0. The van der Waals surface area contributed by atoms with E-state index in [-0.39, 0.29) is 5.82 Å². The maximum absolute atomic E-state index is 14.0. The van der Waals surface area contributed by atoms with Crippen LogP contribution in [0, 0.1) is 23.6 Å². The number of nitrogens with zero attached hydrogens (tertiary/aromatic N) is 2. The molecule has 2 aromatic carbocycles. The fourth-order valence-corrected chi connectivity index (χ4v) is 7.79. The van der Waals surface area contributed by atoms with Crippen LogP contribution in [0.2, 0.25) is 0 Å². The van der Waals surface area contributed by atoms with E-state index >= 15 is 0 Å². The maximum atomic E-state index is 14.0. The molecule has 1 N–H and O–H groups in total. The molecular weight excluding hydrogens is 427 g/mol. The van der Waals surface area contributed by atoms with Gasteiger partial charge in [0.25, 0.3) is 0 Å². The first-order chi connectivity index (χ1) is 16.6. The van der Waals surface area contributed by atoms with Gasteiger partial charge >= 0.3 is 0 Å². The van der Waals surface area contributed by atoms with Gasteiger partial charge in [-0.3, -0.25) is 4.90 Å². The monoisotopic (exact) mass is 464 g/mol. The molecule has 0 spiro atoms. The normalized spacial score (nSPS) is 31.6. The Morgan fingerprint density at radius 1 is 0.882 bits per heavy atom. The molecule has 7 rings (SSSR count). The standard InChI is InChI=1S/C29H37FN2O2/c30-27-3-1-2-4-28(27)32-11-9-31(10-12-32)19-25(33)20-34-26-7-5-24(6-8-26)29-16-21-13-22(17-29)15-23(14-21)18-29/h1-8,21-23,25,33H,9-20H2. The molecule has 5 heteroatoms. The zero-order valence-electron chi connectivity index (χ0n) is 20.0. The number of aliphatic hydroxyl groups excluding tert-OH is 1. The van der Waals surface area contributed by atoms with E-state index in [4.69, 9.17) is 4.74 Å². The van der Waals surface area contributed by atoms with E-state index in [0.717, 1.165) is 49.7 Å². The molecule has 182 valence electrons. The van der Waals surface area contributed by atoms with Crippen LogP contribution in [-0.4, -0.2) is 55.4 Å². The van der Waals surface area contributed by atoms with Crippen LogP contribution in [0.4, 0.5) is 10.1 Å². The molecule has 0 amide bonds. The number of β-amino-alcohol motifs (C(OH)–C–C–N with tert-alkyl or cyclic N) is 1. The van der Waals surface area contributed by atoms with Gasteiger partial charge in [-0.2, -0.15) is 0 Å². The van der Waals surface area contributed by atoms with Gasteiger partial charge in [-0.05, 0) is 91.5 Å². The molecule has 4 nitrogen and oxygen atoms in total. The van der Waals surface area contributed by atoms with Crippen LogP contribution in [0.25, 0.3) is 0 Å². The van der Waals surface area contributed by atoms with E-state index in [2.05, 4.69) is 34.1 Å². The Balaban J connectivity index is 0.980. The fraction of sp³-hybridized carbons (Fsp3) is 0.586. The van der Waals surface area contributed by atoms with E-state index in [0.29, 0.717) is 24.3 Å². The van der Waals surface area contributed by atoms with Gasteiger partial charge in [0.05, 0.1) is 5.69 Å². The summed E-state index contributed by atoms with van der Waals surface area (Å²) in [6.07, 6.45) is 8.00. The molecule has 5 aliphatic rings. The van der Waals surface area contributed by atoms with Gasteiger partial charge in [0, 0.05) is 32.7 Å². The number of ether oxygens (including phenoxy) is 1. The molecule has 1 heterocycles. The van der Waals surface area contributed by atoms with Crippen molar-refractivity contribution in [1.29, 1.82) is 0 Å². The lowest BCUT2D eigenvalue weighted by Gasteiger charge is -2.57. The summed E-state index contributed by atoms with van der Waals surface area (Å²) >= 11 is 0. The highest BCUT2D eigenvalue weighted by Gasteiger charge is 2.51. The first-order valence-corrected chi connectivity index (χ1v) is 13.2. The van der Waals surface area contributed by atoms with Crippen LogP contribution >= 0.6 is 0 Å². The van der Waals surface area contributed by atoms with E-state index < -0.39 is 6.10 Å². The smallest absolute Gasteiger partial charge is 0.146 e. The topological polar surface area (TPSA) is 35.9 Å². The van der Waals surface area contributed by atoms with E-state index in [9.17, 15) is 9.50 Å². The Hall–Kier alpha value is -2.11. The molecule has 4 bridgehead atoms. The second-order valence-electron chi connectivity index (χ2n) is 11.4. The summed E-state index contributed by atoms with van der Waals surface area (Å²) in [4.78, 5) is 4.32. The molecule has 1 aliphatic heterocycles. The minimum atomic E-state index is -0.539. The van der Waals surface area contributed by atoms with Crippen LogP contribution in [0.5, 0.6) is 5.75 Å². The molecule has 5 fully saturated rings. The third-order valence-electron chi connectivity index (χ3n) is 8.98. The zero-order chi connectivity index (χ0) is 23.1. The predicted octanol–water partition coefficient (Wildman–Crippen LogP) is 4.86. The number of anilines is 1. The number of rotatable bonds is 7. The molecule has 1 saturated heterocycles. The average Bonchev–Trinajstić information content (AvgIpc) is 2.83. The van der Waals surface area contributed by atoms with Crippen LogP contribution < -0.4 is 9.64 Å². The molecule has 2 aromatic rings. The summed E-state index contributed by atoms with van der Waals surface area (Å²) in [5.41, 5.74) is 2.59. The SMILES string of the molecule is OC(COc1ccc(C23CC4CC(CC(C4)C2)C3)cc1)CN1CCN(c2ccccc2F)CC1. The van der Waals surface area contributed by atoms with Crippen molar-refractivity contribution in [3.63, 3.8) is 0 Å². The first-order valence-electron chi connectivity index (χ1n) is 13.2. The van der Waals surface area contributed by atoms with Crippen molar-refractivity contribution in [3.8, 4) is 5.75 Å². The van der Waals surface area contributed by atoms with Crippen LogP contribution in [0.15, 0.2) is 48.5 Å². The van der Waals surface area contributed by atoms with Gasteiger partial charge in [-0.15, -0.1) is 0 Å². The van der Waals surface area contributed by atoms with Crippen LogP contribution in [0.1, 0.15) is 44.1 Å². The predicted molar refractivity (Wildman–Crippen MR) is 133 cm³/mol. The summed E-state index contributed by atoms with van der Waals surface area (Å²) in [5, 5.41) is 10.6. The third-order valence-corrected chi connectivity index (χ3v) is 8.98. The number of para-hydroxylation sites is 1. The van der Waals surface area contributed by atoms with E-state index in [1.807, 2.05) is 12.1 Å². The quantitative estimate of drug-likeness (QED) is 0.635. The number of benzene rings is 2. The van der Waals surface area contributed by atoms with E-state index in [1.165, 1.54) is 50.2 Å². The van der Waals surface area contributed by atoms with Gasteiger partial charge in [0.2, 0.25) is 0 Å². The number of piperazine rings is 1. The largest absolute Gasteiger partial charge is 0.491 e. The lowest BCUT2D eigenvalue weighted by atomic mass is 9.48. The minimum Gasteiger partial charge on any atom is -0.491 e. The van der Waals surface area contributed by atoms with Crippen molar-refractivity contribution >= 4 is 5.69 Å². The molecule has 1 atom stereocenters. The molecule has 34 heavy (non-hydrogen) atoms. The number of hydrogen-bond donors (Lipinski definition) is 1. The Bertz CT molecular complexity index is 951. The molecule has 0 radical (unpaired) electrons. The molecule has 4 aliphatic carbocycles. The molecule has 4 saturated carbocycles. The van der Waals surface area contributed by atoms with Gasteiger partial charge in [0.1, 0.15) is 24.3 Å². The van der Waals surface area contributed by atoms with E-state index in [1.54, 1.807) is 6.07 Å². The zero-order valence-corrected chi connectivity index (χ0v) is 20.0. The number of halogens is 1. The van der Waals surface area contributed by atoms with Gasteiger partial charge in [-0.25, -0.2) is 4.39 Å². The second kappa shape index (κ2) is 9.16. The maximum Gasteiger partial charge on any atom is 0.146 e. The van der Waals surface area contributed by atoms with Crippen molar-refractivity contribution in [1.82, 2.24) is 4.90 Å². The average molecular weight is 465 g/mol. The summed E-state index contributed by atoms with van der Waals surface area (Å²) < 4.78 is 20.0. The molecular formula is C29H37FN2O2. The lowest BCUT2D eigenvalue weighted by molar-refractivity contribution is -0.00522. The van der Waals surface area contributed by atoms with Crippen molar-refractivity contribution in [2.24, 2.45) is 17.8 Å².